The number of rotatable bonds is 7. The van der Waals surface area contributed by atoms with Crippen molar-refractivity contribution in [3.05, 3.63) is 61.0 Å². The smallest absolute Gasteiger partial charge is 0.276 e. The predicted octanol–water partition coefficient (Wildman–Crippen LogP) is 3.33. The molecule has 2 aromatic rings. The summed E-state index contributed by atoms with van der Waals surface area (Å²) >= 11 is 1.88. The van der Waals surface area contributed by atoms with Gasteiger partial charge in [0.15, 0.2) is 11.5 Å². The molecule has 0 saturated heterocycles. The number of carbonyl (C=O) groups is 1. The lowest BCUT2D eigenvalue weighted by molar-refractivity contribution is -0.385. The van der Waals surface area contributed by atoms with E-state index in [-0.39, 0.29) is 30.3 Å². The quantitative estimate of drug-likeness (QED) is 0.378. The van der Waals surface area contributed by atoms with E-state index >= 15 is 0 Å². The molecule has 1 amide bonds. The highest BCUT2D eigenvalue weighted by atomic mass is 127. The van der Waals surface area contributed by atoms with Crippen LogP contribution < -0.4 is 14.8 Å². The van der Waals surface area contributed by atoms with Crippen molar-refractivity contribution in [1.82, 2.24) is 5.32 Å². The fourth-order valence-corrected chi connectivity index (χ4v) is 3.08. The molecule has 2 aromatic carbocycles. The van der Waals surface area contributed by atoms with E-state index < -0.39 is 10.7 Å². The van der Waals surface area contributed by atoms with Crippen LogP contribution in [0, 0.1) is 19.5 Å². The van der Waals surface area contributed by atoms with Crippen LogP contribution in [0.4, 0.5) is 10.1 Å². The average Bonchev–Trinajstić information content (AvgIpc) is 2.60. The standard InChI is InChI=1S/C17H16FIN2O5/c1-25-15-7-10(14(21(23)24)9-16(15)26-2)5-6-20-17(22)12-4-3-11(18)8-13(12)19/h3-4,7-9H,5-6H2,1-2H3,(H,20,22). The van der Waals surface area contributed by atoms with Gasteiger partial charge in [-0.1, -0.05) is 0 Å². The number of methoxy groups -OCH3 is 2. The van der Waals surface area contributed by atoms with Gasteiger partial charge in [0.25, 0.3) is 11.6 Å². The van der Waals surface area contributed by atoms with E-state index in [9.17, 15) is 19.3 Å². The molecule has 138 valence electrons. The molecule has 0 spiro atoms. The molecule has 0 bridgehead atoms. The van der Waals surface area contributed by atoms with Gasteiger partial charge in [-0.15, -0.1) is 0 Å². The number of amides is 1. The number of ether oxygens (including phenoxy) is 2. The Hall–Kier alpha value is -2.43. The minimum atomic E-state index is -0.512. The third kappa shape index (κ3) is 4.59. The van der Waals surface area contributed by atoms with Crippen LogP contribution in [-0.4, -0.2) is 31.6 Å². The second kappa shape index (κ2) is 8.79. The topological polar surface area (TPSA) is 90.7 Å². The lowest BCUT2D eigenvalue weighted by Gasteiger charge is -2.11. The molecule has 1 N–H and O–H groups in total. The zero-order valence-corrected chi connectivity index (χ0v) is 16.2. The summed E-state index contributed by atoms with van der Waals surface area (Å²) in [5, 5.41) is 13.9. The van der Waals surface area contributed by atoms with E-state index in [2.05, 4.69) is 5.32 Å². The lowest BCUT2D eigenvalue weighted by atomic mass is 10.1. The number of carbonyl (C=O) groups excluding carboxylic acids is 1. The zero-order chi connectivity index (χ0) is 19.3. The van der Waals surface area contributed by atoms with Crippen molar-refractivity contribution in [3.8, 4) is 11.5 Å². The van der Waals surface area contributed by atoms with Crippen LogP contribution in [0.1, 0.15) is 15.9 Å². The molecule has 0 aliphatic rings. The van der Waals surface area contributed by atoms with Gasteiger partial charge in [-0.2, -0.15) is 0 Å². The molecule has 9 heteroatoms. The fourth-order valence-electron chi connectivity index (χ4n) is 2.36. The highest BCUT2D eigenvalue weighted by molar-refractivity contribution is 14.1. The number of nitrogens with one attached hydrogen (secondary N) is 1. The summed E-state index contributed by atoms with van der Waals surface area (Å²) in [7, 11) is 2.83. The van der Waals surface area contributed by atoms with Gasteiger partial charge in [-0.25, -0.2) is 4.39 Å². The molecule has 0 aliphatic heterocycles. The molecule has 26 heavy (non-hydrogen) atoms. The number of nitro groups is 1. The van der Waals surface area contributed by atoms with Gasteiger partial charge in [-0.3, -0.25) is 14.9 Å². The first kappa shape index (κ1) is 19.9. The molecule has 7 nitrogen and oxygen atoms in total. The number of hydrogen-bond acceptors (Lipinski definition) is 5. The van der Waals surface area contributed by atoms with Crippen molar-refractivity contribution < 1.29 is 23.6 Å². The first-order valence-corrected chi connectivity index (χ1v) is 8.57. The average molecular weight is 474 g/mol. The summed E-state index contributed by atoms with van der Waals surface area (Å²) < 4.78 is 23.8. The van der Waals surface area contributed by atoms with Crippen molar-refractivity contribution in [2.75, 3.05) is 20.8 Å². The van der Waals surface area contributed by atoms with E-state index in [1.807, 2.05) is 22.6 Å². The van der Waals surface area contributed by atoms with Gasteiger partial charge in [0.1, 0.15) is 5.82 Å². The number of nitrogens with zero attached hydrogens (tertiary/aromatic N) is 1. The summed E-state index contributed by atoms with van der Waals surface area (Å²) in [5.74, 6) is -0.176. The highest BCUT2D eigenvalue weighted by Crippen LogP contribution is 2.34. The van der Waals surface area contributed by atoms with Crippen LogP contribution in [0.5, 0.6) is 11.5 Å². The molecule has 0 aromatic heterocycles. The van der Waals surface area contributed by atoms with Crippen molar-refractivity contribution in [1.29, 1.82) is 0 Å². The minimum absolute atomic E-state index is 0.117. The number of benzene rings is 2. The van der Waals surface area contributed by atoms with Crippen molar-refractivity contribution in [3.63, 3.8) is 0 Å². The van der Waals surface area contributed by atoms with E-state index in [0.29, 0.717) is 20.4 Å². The molecular weight excluding hydrogens is 458 g/mol. The van der Waals surface area contributed by atoms with Gasteiger partial charge in [0, 0.05) is 15.7 Å². The van der Waals surface area contributed by atoms with E-state index in [1.54, 1.807) is 0 Å². The van der Waals surface area contributed by atoms with E-state index in [4.69, 9.17) is 9.47 Å². The van der Waals surface area contributed by atoms with Crippen LogP contribution in [-0.2, 0) is 6.42 Å². The van der Waals surface area contributed by atoms with Gasteiger partial charge in [-0.05, 0) is 53.3 Å². The monoisotopic (exact) mass is 474 g/mol. The molecule has 0 heterocycles. The van der Waals surface area contributed by atoms with Crippen molar-refractivity contribution in [2.24, 2.45) is 0 Å². The molecule has 0 atom stereocenters. The van der Waals surface area contributed by atoms with E-state index in [0.717, 1.165) is 0 Å². The Labute approximate surface area is 162 Å². The van der Waals surface area contributed by atoms with Crippen molar-refractivity contribution >= 4 is 34.2 Å². The molecule has 0 fully saturated rings. The van der Waals surface area contributed by atoms with E-state index in [1.165, 1.54) is 44.6 Å². The number of hydrogen-bond donors (Lipinski definition) is 1. The third-order valence-corrected chi connectivity index (χ3v) is 4.53. The normalized spacial score (nSPS) is 10.3. The van der Waals surface area contributed by atoms with Crippen molar-refractivity contribution in [2.45, 2.75) is 6.42 Å². The summed E-state index contributed by atoms with van der Waals surface area (Å²) in [6, 6.07) is 6.67. The van der Waals surface area contributed by atoms with Crippen LogP contribution in [0.2, 0.25) is 0 Å². The minimum Gasteiger partial charge on any atom is -0.493 e. The highest BCUT2D eigenvalue weighted by Gasteiger charge is 2.19. The summed E-state index contributed by atoms with van der Waals surface area (Å²) in [6.07, 6.45) is 0.222. The van der Waals surface area contributed by atoms with Crippen LogP contribution in [0.25, 0.3) is 0 Å². The van der Waals surface area contributed by atoms with Gasteiger partial charge >= 0.3 is 0 Å². The Kier molecular flexibility index (Phi) is 6.72. The predicted molar refractivity (Wildman–Crippen MR) is 101 cm³/mol. The maximum absolute atomic E-state index is 13.1. The molecule has 2 rings (SSSR count). The Morgan fingerprint density at radius 2 is 1.88 bits per heavy atom. The summed E-state index contributed by atoms with van der Waals surface area (Å²) in [6.45, 7) is 0.169. The summed E-state index contributed by atoms with van der Waals surface area (Å²) in [4.78, 5) is 23.0. The number of nitro benzene ring substituents is 1. The summed E-state index contributed by atoms with van der Waals surface area (Å²) in [5.41, 5.74) is 0.629. The maximum atomic E-state index is 13.1. The van der Waals surface area contributed by atoms with Gasteiger partial charge in [0.2, 0.25) is 0 Å². The first-order valence-electron chi connectivity index (χ1n) is 7.50. The Bertz CT molecular complexity index is 844. The van der Waals surface area contributed by atoms with Crippen LogP contribution >= 0.6 is 22.6 Å². The van der Waals surface area contributed by atoms with Gasteiger partial charge in [0.05, 0.1) is 30.8 Å². The fraction of sp³-hybridized carbons (Fsp3) is 0.235. The number of halogens is 2. The Balaban J connectivity index is 2.13. The molecular formula is C17H16FIN2O5. The Morgan fingerprint density at radius 3 is 2.46 bits per heavy atom. The maximum Gasteiger partial charge on any atom is 0.276 e. The molecule has 0 unspecified atom stereocenters. The second-order valence-corrected chi connectivity index (χ2v) is 6.39. The van der Waals surface area contributed by atoms with Crippen LogP contribution in [0.3, 0.4) is 0 Å². The third-order valence-electron chi connectivity index (χ3n) is 3.64. The zero-order valence-electron chi connectivity index (χ0n) is 14.0. The van der Waals surface area contributed by atoms with Crippen LogP contribution in [0.15, 0.2) is 30.3 Å². The second-order valence-electron chi connectivity index (χ2n) is 5.22. The molecule has 0 aliphatic carbocycles. The SMILES string of the molecule is COc1cc(CCNC(=O)c2ccc(F)cc2I)c([N+](=O)[O-])cc1OC. The molecule has 0 radical (unpaired) electrons. The largest absolute Gasteiger partial charge is 0.493 e. The first-order chi connectivity index (χ1) is 12.4. The lowest BCUT2D eigenvalue weighted by Crippen LogP contribution is -2.26. The van der Waals surface area contributed by atoms with Gasteiger partial charge < -0.3 is 14.8 Å². The molecule has 0 saturated carbocycles. The Morgan fingerprint density at radius 1 is 1.23 bits per heavy atom.